The summed E-state index contributed by atoms with van der Waals surface area (Å²) in [7, 11) is -2.72. The van der Waals surface area contributed by atoms with Crippen molar-refractivity contribution < 1.29 is 22.7 Å². The molecule has 1 N–H and O–H groups in total. The van der Waals surface area contributed by atoms with Crippen molar-refractivity contribution in [3.8, 4) is 5.75 Å². The molecule has 0 unspecified atom stereocenters. The molecule has 0 heterocycles. The van der Waals surface area contributed by atoms with Crippen molar-refractivity contribution in [2.24, 2.45) is 0 Å². The molecule has 0 fully saturated rings. The van der Waals surface area contributed by atoms with Crippen molar-refractivity contribution >= 4 is 27.5 Å². The van der Waals surface area contributed by atoms with Crippen LogP contribution in [0.1, 0.15) is 44.2 Å². The van der Waals surface area contributed by atoms with Gasteiger partial charge in [0.25, 0.3) is 10.0 Å². The number of para-hydroxylation sites is 2. The number of ether oxygens (including phenoxy) is 1. The second-order valence-corrected chi connectivity index (χ2v) is 11.4. The Morgan fingerprint density at radius 2 is 1.57 bits per heavy atom. The maximum absolute atomic E-state index is 14.1. The first-order chi connectivity index (χ1) is 19.2. The second-order valence-electron chi connectivity index (χ2n) is 9.57. The monoisotopic (exact) mass is 565 g/mol. The number of carbonyl (C=O) groups is 2. The topological polar surface area (TPSA) is 96.0 Å². The zero-order chi connectivity index (χ0) is 29.1. The molecule has 3 rings (SSSR count). The molecule has 3 aromatic rings. The van der Waals surface area contributed by atoms with Crippen LogP contribution in [0.15, 0.2) is 83.8 Å². The maximum atomic E-state index is 14.1. The number of nitrogens with one attached hydrogen (secondary N) is 1. The highest BCUT2D eigenvalue weighted by Crippen LogP contribution is 2.32. The molecule has 2 amide bonds. The minimum Gasteiger partial charge on any atom is -0.495 e. The fourth-order valence-electron chi connectivity index (χ4n) is 4.39. The van der Waals surface area contributed by atoms with Crippen LogP contribution in [0.3, 0.4) is 0 Å². The lowest BCUT2D eigenvalue weighted by molar-refractivity contribution is -0.140. The number of hydrogen-bond donors (Lipinski definition) is 1. The van der Waals surface area contributed by atoms with Gasteiger partial charge in [-0.3, -0.25) is 13.9 Å². The molecule has 3 aromatic carbocycles. The summed E-state index contributed by atoms with van der Waals surface area (Å²) in [6.45, 7) is 5.90. The van der Waals surface area contributed by atoms with E-state index in [1.165, 1.54) is 24.1 Å². The van der Waals surface area contributed by atoms with Crippen LogP contribution < -0.4 is 14.4 Å². The molecule has 0 saturated carbocycles. The van der Waals surface area contributed by atoms with Crippen molar-refractivity contribution in [3.63, 3.8) is 0 Å². The summed E-state index contributed by atoms with van der Waals surface area (Å²) in [6.07, 6.45) is 2.12. The van der Waals surface area contributed by atoms with E-state index in [0.717, 1.165) is 28.3 Å². The Morgan fingerprint density at radius 3 is 2.20 bits per heavy atom. The number of amides is 2. The Hall–Kier alpha value is -3.85. The van der Waals surface area contributed by atoms with E-state index in [-0.39, 0.29) is 23.0 Å². The number of unbranched alkanes of at least 4 members (excludes halogenated alkanes) is 1. The first-order valence-electron chi connectivity index (χ1n) is 13.6. The molecular weight excluding hydrogens is 526 g/mol. The number of benzene rings is 3. The highest BCUT2D eigenvalue weighted by molar-refractivity contribution is 7.92. The Morgan fingerprint density at radius 1 is 0.925 bits per heavy atom. The fraction of sp³-hybridized carbons (Fsp3) is 0.355. The third-order valence-corrected chi connectivity index (χ3v) is 8.43. The van der Waals surface area contributed by atoms with Crippen LogP contribution in [0.4, 0.5) is 5.69 Å². The molecule has 1 atom stereocenters. The largest absolute Gasteiger partial charge is 0.495 e. The average molecular weight is 566 g/mol. The zero-order valence-electron chi connectivity index (χ0n) is 23.7. The number of rotatable bonds is 14. The molecule has 0 aromatic heterocycles. The zero-order valence-corrected chi connectivity index (χ0v) is 24.5. The lowest BCUT2D eigenvalue weighted by atomic mass is 10.1. The smallest absolute Gasteiger partial charge is 0.264 e. The quantitative estimate of drug-likeness (QED) is 0.280. The SMILES string of the molecule is CCCCNC(=O)[C@@H](CC)N(Cc1ccccc1)C(=O)CN(c1ccccc1OC)S(=O)(=O)c1ccc(C)cc1. The molecular formula is C31H39N3O5S. The van der Waals surface area contributed by atoms with Crippen LogP contribution >= 0.6 is 0 Å². The highest BCUT2D eigenvalue weighted by atomic mass is 32.2. The normalized spacial score (nSPS) is 11.9. The first kappa shape index (κ1) is 30.7. The van der Waals surface area contributed by atoms with E-state index >= 15 is 0 Å². The van der Waals surface area contributed by atoms with Crippen molar-refractivity contribution in [1.29, 1.82) is 0 Å². The van der Waals surface area contributed by atoms with Gasteiger partial charge in [0.1, 0.15) is 18.3 Å². The summed E-state index contributed by atoms with van der Waals surface area (Å²) >= 11 is 0. The number of hydrogen-bond acceptors (Lipinski definition) is 5. The predicted molar refractivity (Wildman–Crippen MR) is 158 cm³/mol. The number of anilines is 1. The van der Waals surface area contributed by atoms with E-state index in [4.69, 9.17) is 4.74 Å². The van der Waals surface area contributed by atoms with Gasteiger partial charge in [-0.05, 0) is 49.6 Å². The van der Waals surface area contributed by atoms with Gasteiger partial charge >= 0.3 is 0 Å². The van der Waals surface area contributed by atoms with Gasteiger partial charge in [-0.1, -0.05) is 80.4 Å². The van der Waals surface area contributed by atoms with Crippen molar-refractivity contribution in [1.82, 2.24) is 10.2 Å². The van der Waals surface area contributed by atoms with Gasteiger partial charge in [-0.15, -0.1) is 0 Å². The van der Waals surface area contributed by atoms with Gasteiger partial charge in [0, 0.05) is 13.1 Å². The first-order valence-corrected chi connectivity index (χ1v) is 15.0. The van der Waals surface area contributed by atoms with E-state index in [1.54, 1.807) is 36.4 Å². The van der Waals surface area contributed by atoms with E-state index in [9.17, 15) is 18.0 Å². The lowest BCUT2D eigenvalue weighted by Gasteiger charge is -2.33. The van der Waals surface area contributed by atoms with Crippen LogP contribution in [0.5, 0.6) is 5.75 Å². The summed E-state index contributed by atoms with van der Waals surface area (Å²) in [4.78, 5) is 28.9. The molecule has 0 radical (unpaired) electrons. The van der Waals surface area contributed by atoms with E-state index in [2.05, 4.69) is 5.32 Å². The van der Waals surface area contributed by atoms with Gasteiger partial charge in [0.05, 0.1) is 17.7 Å². The van der Waals surface area contributed by atoms with Crippen LogP contribution in [0, 0.1) is 6.92 Å². The van der Waals surface area contributed by atoms with Crippen molar-refractivity contribution in [2.45, 2.75) is 57.5 Å². The molecule has 0 spiro atoms. The average Bonchev–Trinajstić information content (AvgIpc) is 2.96. The molecule has 0 bridgehead atoms. The lowest BCUT2D eigenvalue weighted by Crippen LogP contribution is -2.52. The second kappa shape index (κ2) is 14.5. The molecule has 214 valence electrons. The van der Waals surface area contributed by atoms with Crippen LogP contribution in [-0.2, 0) is 26.2 Å². The van der Waals surface area contributed by atoms with Gasteiger partial charge in [-0.25, -0.2) is 8.42 Å². The van der Waals surface area contributed by atoms with Gasteiger partial charge < -0.3 is 15.0 Å². The standard InChI is InChI=1S/C31H39N3O5S/c1-5-7-21-32-31(36)27(6-2)33(22-25-13-9-8-10-14-25)30(35)23-34(28-15-11-12-16-29(28)39-4)40(37,38)26-19-17-24(3)18-20-26/h8-20,27H,5-7,21-23H2,1-4H3,(H,32,36)/t27-/m1/s1. The summed E-state index contributed by atoms with van der Waals surface area (Å²) in [5, 5.41) is 2.94. The Labute approximate surface area is 238 Å². The van der Waals surface area contributed by atoms with Gasteiger partial charge in [0.2, 0.25) is 11.8 Å². The van der Waals surface area contributed by atoms with Gasteiger partial charge in [0.15, 0.2) is 0 Å². The Kier molecular flexibility index (Phi) is 11.1. The molecule has 0 saturated heterocycles. The Bertz CT molecular complexity index is 1360. The predicted octanol–water partition coefficient (Wildman–Crippen LogP) is 4.92. The molecule has 0 aliphatic rings. The van der Waals surface area contributed by atoms with Crippen LogP contribution in [0.2, 0.25) is 0 Å². The number of methoxy groups -OCH3 is 1. The highest BCUT2D eigenvalue weighted by Gasteiger charge is 2.34. The summed E-state index contributed by atoms with van der Waals surface area (Å²) in [5.74, 6) is -0.446. The number of sulfonamides is 1. The molecule has 0 aliphatic heterocycles. The van der Waals surface area contributed by atoms with Crippen molar-refractivity contribution in [2.75, 3.05) is 24.5 Å². The maximum Gasteiger partial charge on any atom is 0.264 e. The fourth-order valence-corrected chi connectivity index (χ4v) is 5.82. The summed E-state index contributed by atoms with van der Waals surface area (Å²) in [5.41, 5.74) is 1.98. The number of nitrogens with zero attached hydrogens (tertiary/aromatic N) is 2. The number of carbonyl (C=O) groups excluding carboxylic acids is 2. The Balaban J connectivity index is 2.05. The third kappa shape index (κ3) is 7.63. The molecule has 9 heteroatoms. The van der Waals surface area contributed by atoms with Crippen LogP contribution in [0.25, 0.3) is 0 Å². The van der Waals surface area contributed by atoms with Gasteiger partial charge in [-0.2, -0.15) is 0 Å². The van der Waals surface area contributed by atoms with E-state index in [0.29, 0.717) is 18.7 Å². The molecule has 0 aliphatic carbocycles. The minimum absolute atomic E-state index is 0.0516. The number of aryl methyl sites for hydroxylation is 1. The van der Waals surface area contributed by atoms with Crippen molar-refractivity contribution in [3.05, 3.63) is 90.0 Å². The molecule has 40 heavy (non-hydrogen) atoms. The summed E-state index contributed by atoms with van der Waals surface area (Å²) < 4.78 is 34.5. The molecule has 8 nitrogen and oxygen atoms in total. The minimum atomic E-state index is -4.17. The summed E-state index contributed by atoms with van der Waals surface area (Å²) in [6, 6.07) is 21.7. The van der Waals surface area contributed by atoms with E-state index < -0.39 is 28.5 Å². The van der Waals surface area contributed by atoms with Crippen LogP contribution in [-0.4, -0.2) is 51.4 Å². The third-order valence-electron chi connectivity index (χ3n) is 6.65. The van der Waals surface area contributed by atoms with E-state index in [1.807, 2.05) is 51.1 Å².